The maximum atomic E-state index is 11.8. The lowest BCUT2D eigenvalue weighted by Crippen LogP contribution is -2.59. The second-order valence-corrected chi connectivity index (χ2v) is 6.99. The molecular weight excluding hydrogens is 248 g/mol. The highest BCUT2D eigenvalue weighted by Gasteiger charge is 2.35. The minimum absolute atomic E-state index is 0.0171. The number of hydrogen-bond donors (Lipinski definition) is 2. The van der Waals surface area contributed by atoms with Crippen LogP contribution in [-0.2, 0) is 9.53 Å². The summed E-state index contributed by atoms with van der Waals surface area (Å²) < 4.78 is 5.90. The van der Waals surface area contributed by atoms with E-state index in [4.69, 9.17) is 4.74 Å². The summed E-state index contributed by atoms with van der Waals surface area (Å²) in [5.41, 5.74) is -0.137. The van der Waals surface area contributed by atoms with Crippen molar-refractivity contribution in [3.8, 4) is 0 Å². The van der Waals surface area contributed by atoms with Crippen LogP contribution in [0.3, 0.4) is 0 Å². The molecule has 2 rings (SSSR count). The fraction of sp³-hybridized carbons (Fsp3) is 0.923. The molecular formula is C13H24N2O2S. The van der Waals surface area contributed by atoms with Crippen LogP contribution in [0.2, 0.25) is 0 Å². The van der Waals surface area contributed by atoms with Gasteiger partial charge in [-0.3, -0.25) is 4.79 Å². The molecule has 2 aliphatic rings. The Morgan fingerprint density at radius 2 is 2.06 bits per heavy atom. The fourth-order valence-electron chi connectivity index (χ4n) is 2.60. The van der Waals surface area contributed by atoms with Crippen LogP contribution in [0.4, 0.5) is 0 Å². The lowest BCUT2D eigenvalue weighted by molar-refractivity contribution is -0.135. The normalized spacial score (nSPS) is 24.6. The predicted octanol–water partition coefficient (Wildman–Crippen LogP) is 1.16. The summed E-state index contributed by atoms with van der Waals surface area (Å²) in [7, 11) is 0. The highest BCUT2D eigenvalue weighted by molar-refractivity contribution is 8.00. The Morgan fingerprint density at radius 1 is 1.39 bits per heavy atom. The SMILES string of the molecule is CSC1(CNC(=O)COC2(C)CNC2)CCCC1. The van der Waals surface area contributed by atoms with Gasteiger partial charge in [-0.15, -0.1) is 0 Å². The van der Waals surface area contributed by atoms with Crippen LogP contribution in [0.1, 0.15) is 32.6 Å². The molecule has 1 saturated carbocycles. The van der Waals surface area contributed by atoms with Crippen molar-refractivity contribution in [3.05, 3.63) is 0 Å². The van der Waals surface area contributed by atoms with Gasteiger partial charge in [-0.1, -0.05) is 12.8 Å². The van der Waals surface area contributed by atoms with Gasteiger partial charge in [-0.2, -0.15) is 11.8 Å². The molecule has 0 atom stereocenters. The van der Waals surface area contributed by atoms with Gasteiger partial charge in [0.1, 0.15) is 6.61 Å². The largest absolute Gasteiger partial charge is 0.363 e. The van der Waals surface area contributed by atoms with Crippen LogP contribution in [0.15, 0.2) is 0 Å². The Hall–Kier alpha value is -0.260. The molecule has 2 fully saturated rings. The summed E-state index contributed by atoms with van der Waals surface area (Å²) in [6.07, 6.45) is 7.16. The van der Waals surface area contributed by atoms with Crippen molar-refractivity contribution in [2.24, 2.45) is 0 Å². The highest BCUT2D eigenvalue weighted by atomic mass is 32.2. The van der Waals surface area contributed by atoms with Gasteiger partial charge in [0, 0.05) is 24.4 Å². The molecule has 1 saturated heterocycles. The van der Waals surface area contributed by atoms with Gasteiger partial charge >= 0.3 is 0 Å². The average Bonchev–Trinajstić information content (AvgIpc) is 2.81. The molecule has 1 aliphatic carbocycles. The Bertz CT molecular complexity index is 299. The van der Waals surface area contributed by atoms with Gasteiger partial charge in [-0.05, 0) is 26.0 Å². The van der Waals surface area contributed by atoms with E-state index in [-0.39, 0.29) is 22.9 Å². The van der Waals surface area contributed by atoms with Gasteiger partial charge in [0.25, 0.3) is 0 Å². The summed E-state index contributed by atoms with van der Waals surface area (Å²) in [6.45, 7) is 4.69. The maximum absolute atomic E-state index is 11.8. The van der Waals surface area contributed by atoms with Crippen molar-refractivity contribution in [2.45, 2.75) is 43.0 Å². The summed E-state index contributed by atoms with van der Waals surface area (Å²) >= 11 is 1.90. The Kier molecular flexibility index (Phi) is 4.56. The Labute approximate surface area is 114 Å². The average molecular weight is 272 g/mol. The zero-order valence-electron chi connectivity index (χ0n) is 11.4. The molecule has 0 unspecified atom stereocenters. The lowest BCUT2D eigenvalue weighted by atomic mass is 10.0. The Morgan fingerprint density at radius 3 is 2.56 bits per heavy atom. The van der Waals surface area contributed by atoms with Crippen LogP contribution in [-0.4, -0.2) is 48.8 Å². The number of amides is 1. The van der Waals surface area contributed by atoms with Gasteiger partial charge in [0.15, 0.2) is 0 Å². The van der Waals surface area contributed by atoms with Gasteiger partial charge in [0.05, 0.1) is 5.60 Å². The van der Waals surface area contributed by atoms with Crippen molar-refractivity contribution < 1.29 is 9.53 Å². The smallest absolute Gasteiger partial charge is 0.246 e. The molecule has 4 nitrogen and oxygen atoms in total. The molecule has 2 N–H and O–H groups in total. The van der Waals surface area contributed by atoms with E-state index >= 15 is 0 Å². The number of hydrogen-bond acceptors (Lipinski definition) is 4. The first-order valence-corrected chi connectivity index (χ1v) is 7.97. The first-order chi connectivity index (χ1) is 8.58. The van der Waals surface area contributed by atoms with E-state index in [0.717, 1.165) is 19.6 Å². The van der Waals surface area contributed by atoms with Crippen LogP contribution in [0, 0.1) is 0 Å². The first-order valence-electron chi connectivity index (χ1n) is 6.74. The molecule has 5 heteroatoms. The van der Waals surface area contributed by atoms with Crippen molar-refractivity contribution in [1.82, 2.24) is 10.6 Å². The molecule has 104 valence electrons. The molecule has 1 heterocycles. The quantitative estimate of drug-likeness (QED) is 0.762. The van der Waals surface area contributed by atoms with Crippen LogP contribution in [0.25, 0.3) is 0 Å². The van der Waals surface area contributed by atoms with Crippen LogP contribution >= 0.6 is 11.8 Å². The third-order valence-corrected chi connectivity index (χ3v) is 5.52. The van der Waals surface area contributed by atoms with Crippen molar-refractivity contribution >= 4 is 17.7 Å². The third-order valence-electron chi connectivity index (χ3n) is 4.11. The molecule has 0 aromatic carbocycles. The first kappa shape index (κ1) is 14.2. The van der Waals surface area contributed by atoms with E-state index in [1.807, 2.05) is 18.7 Å². The van der Waals surface area contributed by atoms with Crippen molar-refractivity contribution in [2.75, 3.05) is 32.5 Å². The van der Waals surface area contributed by atoms with E-state index in [2.05, 4.69) is 16.9 Å². The van der Waals surface area contributed by atoms with E-state index < -0.39 is 0 Å². The molecule has 0 radical (unpaired) electrons. The molecule has 1 aliphatic heterocycles. The lowest BCUT2D eigenvalue weighted by Gasteiger charge is -2.38. The number of nitrogens with one attached hydrogen (secondary N) is 2. The molecule has 18 heavy (non-hydrogen) atoms. The third kappa shape index (κ3) is 3.39. The minimum atomic E-state index is -0.137. The van der Waals surface area contributed by atoms with E-state index in [1.54, 1.807) is 0 Å². The maximum Gasteiger partial charge on any atom is 0.246 e. The molecule has 0 spiro atoms. The highest BCUT2D eigenvalue weighted by Crippen LogP contribution is 2.39. The van der Waals surface area contributed by atoms with Crippen molar-refractivity contribution in [3.63, 3.8) is 0 Å². The second kappa shape index (κ2) is 5.80. The zero-order valence-corrected chi connectivity index (χ0v) is 12.2. The molecule has 0 bridgehead atoms. The number of rotatable bonds is 6. The summed E-state index contributed by atoms with van der Waals surface area (Å²) in [5.74, 6) is 0.0171. The van der Waals surface area contributed by atoms with Crippen molar-refractivity contribution in [1.29, 1.82) is 0 Å². The van der Waals surface area contributed by atoms with E-state index in [0.29, 0.717) is 0 Å². The van der Waals surface area contributed by atoms with Crippen LogP contribution in [0.5, 0.6) is 0 Å². The van der Waals surface area contributed by atoms with Gasteiger partial charge in [-0.25, -0.2) is 0 Å². The number of carbonyl (C=O) groups excluding carboxylic acids is 1. The second-order valence-electron chi connectivity index (χ2n) is 5.71. The van der Waals surface area contributed by atoms with E-state index in [1.165, 1.54) is 25.7 Å². The topological polar surface area (TPSA) is 50.4 Å². The number of ether oxygens (including phenoxy) is 1. The number of thioether (sulfide) groups is 1. The number of carbonyl (C=O) groups is 1. The summed E-state index contributed by atoms with van der Waals surface area (Å²) in [5, 5.41) is 6.19. The van der Waals surface area contributed by atoms with Crippen LogP contribution < -0.4 is 10.6 Å². The Balaban J connectivity index is 1.67. The summed E-state index contributed by atoms with van der Waals surface area (Å²) in [6, 6.07) is 0. The minimum Gasteiger partial charge on any atom is -0.363 e. The molecule has 0 aromatic heterocycles. The standard InChI is InChI=1S/C13H24N2O2S/c1-12(8-14-9-12)17-7-11(16)15-10-13(18-2)5-3-4-6-13/h14H,3-10H2,1-2H3,(H,15,16). The summed E-state index contributed by atoms with van der Waals surface area (Å²) in [4.78, 5) is 11.8. The van der Waals surface area contributed by atoms with E-state index in [9.17, 15) is 4.79 Å². The zero-order chi connectivity index (χ0) is 13.1. The predicted molar refractivity (Wildman–Crippen MR) is 75.0 cm³/mol. The molecule has 1 amide bonds. The van der Waals surface area contributed by atoms with Gasteiger partial charge < -0.3 is 15.4 Å². The monoisotopic (exact) mass is 272 g/mol. The fourth-order valence-corrected chi connectivity index (χ4v) is 3.52. The van der Waals surface area contributed by atoms with Gasteiger partial charge in [0.2, 0.25) is 5.91 Å². The molecule has 0 aromatic rings.